The quantitative estimate of drug-likeness (QED) is 0.835. The van der Waals surface area contributed by atoms with Crippen LogP contribution in [0.5, 0.6) is 0 Å². The van der Waals surface area contributed by atoms with E-state index in [0.717, 1.165) is 36.2 Å². The van der Waals surface area contributed by atoms with E-state index in [4.69, 9.17) is 0 Å². The molecule has 0 radical (unpaired) electrons. The van der Waals surface area contributed by atoms with Crippen molar-refractivity contribution in [1.82, 2.24) is 25.1 Å². The highest BCUT2D eigenvalue weighted by Crippen LogP contribution is 2.29. The molecule has 0 aliphatic carbocycles. The van der Waals surface area contributed by atoms with E-state index >= 15 is 0 Å². The van der Waals surface area contributed by atoms with Gasteiger partial charge in [-0.1, -0.05) is 6.08 Å². The zero-order valence-corrected chi connectivity index (χ0v) is 12.0. The minimum Gasteiger partial charge on any atom is -0.351 e. The van der Waals surface area contributed by atoms with E-state index in [2.05, 4.69) is 27.0 Å². The molecule has 0 unspecified atom stereocenters. The fraction of sp³-hybridized carbons (Fsp3) is 0.429. The average molecular weight is 286 g/mol. The van der Waals surface area contributed by atoms with Gasteiger partial charge < -0.3 is 10.2 Å². The van der Waals surface area contributed by atoms with E-state index in [1.807, 2.05) is 11.9 Å². The van der Waals surface area contributed by atoms with E-state index in [1.165, 1.54) is 6.33 Å². The molecule has 1 amide bonds. The maximum Gasteiger partial charge on any atom is 0.243 e. The minimum atomic E-state index is -0.191. The molecule has 0 saturated carbocycles. The second-order valence-electron chi connectivity index (χ2n) is 5.09. The lowest BCUT2D eigenvalue weighted by Gasteiger charge is -2.25. The largest absolute Gasteiger partial charge is 0.351 e. The first-order chi connectivity index (χ1) is 10.2. The van der Waals surface area contributed by atoms with Crippen molar-refractivity contribution in [3.05, 3.63) is 25.2 Å². The molecule has 1 aliphatic rings. The van der Waals surface area contributed by atoms with Gasteiger partial charge >= 0.3 is 0 Å². The molecule has 1 saturated heterocycles. The maximum atomic E-state index is 12.3. The lowest BCUT2D eigenvalue weighted by Crippen LogP contribution is -2.43. The Hall–Kier alpha value is -2.44. The third kappa shape index (κ3) is 2.35. The summed E-state index contributed by atoms with van der Waals surface area (Å²) in [5.74, 6) is 0.799. The number of fused-ring (bicyclic) bond motifs is 1. The number of hydrogen-bond donors (Lipinski definition) is 1. The van der Waals surface area contributed by atoms with Crippen LogP contribution in [0.2, 0.25) is 0 Å². The first-order valence-electron chi connectivity index (χ1n) is 7.00. The van der Waals surface area contributed by atoms with E-state index < -0.39 is 0 Å². The molecule has 7 heteroatoms. The van der Waals surface area contributed by atoms with Crippen molar-refractivity contribution >= 4 is 22.8 Å². The van der Waals surface area contributed by atoms with E-state index in [-0.39, 0.29) is 11.9 Å². The number of anilines is 1. The van der Waals surface area contributed by atoms with Crippen molar-refractivity contribution < 1.29 is 4.79 Å². The first kappa shape index (κ1) is 13.5. The summed E-state index contributed by atoms with van der Waals surface area (Å²) in [4.78, 5) is 22.9. The zero-order valence-electron chi connectivity index (χ0n) is 12.0. The van der Waals surface area contributed by atoms with Crippen LogP contribution in [0.3, 0.4) is 0 Å². The summed E-state index contributed by atoms with van der Waals surface area (Å²) >= 11 is 0. The van der Waals surface area contributed by atoms with Crippen molar-refractivity contribution in [3.8, 4) is 0 Å². The van der Waals surface area contributed by atoms with Crippen molar-refractivity contribution in [3.63, 3.8) is 0 Å². The molecule has 1 aliphatic heterocycles. The number of nitrogens with one attached hydrogen (secondary N) is 1. The van der Waals surface area contributed by atoms with Crippen molar-refractivity contribution in [1.29, 1.82) is 0 Å². The van der Waals surface area contributed by atoms with Crippen LogP contribution in [0.25, 0.3) is 11.0 Å². The van der Waals surface area contributed by atoms with E-state index in [9.17, 15) is 4.79 Å². The van der Waals surface area contributed by atoms with Crippen LogP contribution in [0.1, 0.15) is 12.8 Å². The molecule has 3 rings (SSSR count). The van der Waals surface area contributed by atoms with Crippen LogP contribution in [0.15, 0.2) is 25.2 Å². The number of nitrogens with zero attached hydrogens (tertiary/aromatic N) is 5. The summed E-state index contributed by atoms with van der Waals surface area (Å²) in [6.45, 7) is 4.91. The zero-order chi connectivity index (χ0) is 14.8. The van der Waals surface area contributed by atoms with E-state index in [0.29, 0.717) is 6.54 Å². The summed E-state index contributed by atoms with van der Waals surface area (Å²) < 4.78 is 1.71. The predicted octanol–water partition coefficient (Wildman–Crippen LogP) is 0.634. The highest BCUT2D eigenvalue weighted by molar-refractivity contribution is 5.91. The number of rotatable bonds is 4. The monoisotopic (exact) mass is 286 g/mol. The molecule has 0 aromatic carbocycles. The van der Waals surface area contributed by atoms with Crippen LogP contribution in [-0.4, -0.2) is 44.8 Å². The molecule has 110 valence electrons. The topological polar surface area (TPSA) is 75.9 Å². The second kappa shape index (κ2) is 5.51. The molecule has 21 heavy (non-hydrogen) atoms. The second-order valence-corrected chi connectivity index (χ2v) is 5.09. The molecule has 0 spiro atoms. The van der Waals surface area contributed by atoms with Gasteiger partial charge in [0.05, 0.1) is 11.6 Å². The highest BCUT2D eigenvalue weighted by atomic mass is 16.2. The summed E-state index contributed by atoms with van der Waals surface area (Å²) in [5.41, 5.74) is 0.775. The number of aryl methyl sites for hydroxylation is 1. The number of amides is 1. The normalized spacial score (nSPS) is 18.1. The Kier molecular flexibility index (Phi) is 3.55. The third-order valence-corrected chi connectivity index (χ3v) is 3.76. The third-order valence-electron chi connectivity index (χ3n) is 3.76. The summed E-state index contributed by atoms with van der Waals surface area (Å²) in [6, 6.07) is -0.191. The van der Waals surface area contributed by atoms with Crippen LogP contribution >= 0.6 is 0 Å². The average Bonchev–Trinajstić information content (AvgIpc) is 3.12. The van der Waals surface area contributed by atoms with Crippen molar-refractivity contribution in [2.75, 3.05) is 18.0 Å². The molecule has 1 N–H and O–H groups in total. The van der Waals surface area contributed by atoms with Gasteiger partial charge in [-0.25, -0.2) is 9.97 Å². The smallest absolute Gasteiger partial charge is 0.243 e. The van der Waals surface area contributed by atoms with Crippen LogP contribution < -0.4 is 10.2 Å². The van der Waals surface area contributed by atoms with Crippen LogP contribution in [0.4, 0.5) is 5.82 Å². The first-order valence-corrected chi connectivity index (χ1v) is 7.00. The van der Waals surface area contributed by atoms with Gasteiger partial charge in [-0.3, -0.25) is 9.48 Å². The van der Waals surface area contributed by atoms with Crippen molar-refractivity contribution in [2.24, 2.45) is 7.05 Å². The molecule has 7 nitrogen and oxygen atoms in total. The highest BCUT2D eigenvalue weighted by Gasteiger charge is 2.32. The maximum absolute atomic E-state index is 12.3. The Morgan fingerprint density at radius 1 is 1.57 bits per heavy atom. The van der Waals surface area contributed by atoms with Gasteiger partial charge in [-0.15, -0.1) is 6.58 Å². The van der Waals surface area contributed by atoms with Gasteiger partial charge in [0, 0.05) is 20.1 Å². The van der Waals surface area contributed by atoms with Gasteiger partial charge in [0.2, 0.25) is 5.91 Å². The summed E-state index contributed by atoms with van der Waals surface area (Å²) in [7, 11) is 1.84. The number of hydrogen-bond acceptors (Lipinski definition) is 5. The molecule has 2 aromatic heterocycles. The SMILES string of the molecule is C=CCNC(=O)[C@H]1CCCN1c1ncnc2c1cnn2C. The van der Waals surface area contributed by atoms with E-state index in [1.54, 1.807) is 17.0 Å². The number of carbonyl (C=O) groups excluding carboxylic acids is 1. The van der Waals surface area contributed by atoms with Gasteiger partial charge in [0.15, 0.2) is 5.65 Å². The summed E-state index contributed by atoms with van der Waals surface area (Å²) in [6.07, 6.45) is 6.76. The fourth-order valence-corrected chi connectivity index (χ4v) is 2.76. The summed E-state index contributed by atoms with van der Waals surface area (Å²) in [5, 5.41) is 7.96. The van der Waals surface area contributed by atoms with Gasteiger partial charge in [0.1, 0.15) is 18.2 Å². The molecular weight excluding hydrogens is 268 g/mol. The lowest BCUT2D eigenvalue weighted by molar-refractivity contribution is -0.121. The van der Waals surface area contributed by atoms with Crippen LogP contribution in [0, 0.1) is 0 Å². The molecule has 1 fully saturated rings. The number of carbonyl (C=O) groups is 1. The Labute approximate surface area is 122 Å². The molecular formula is C14H18N6O. The standard InChI is InChI=1S/C14H18N6O/c1-3-6-15-14(21)11-5-4-7-20(11)13-10-8-18-19(2)12(10)16-9-17-13/h3,8-9,11H,1,4-7H2,2H3,(H,15,21)/t11-/m1/s1. The predicted molar refractivity (Wildman–Crippen MR) is 79.9 cm³/mol. The molecule has 3 heterocycles. The Morgan fingerprint density at radius 3 is 3.24 bits per heavy atom. The fourth-order valence-electron chi connectivity index (χ4n) is 2.76. The molecule has 1 atom stereocenters. The Morgan fingerprint density at radius 2 is 2.43 bits per heavy atom. The minimum absolute atomic E-state index is 0.0167. The van der Waals surface area contributed by atoms with Crippen LogP contribution in [-0.2, 0) is 11.8 Å². The van der Waals surface area contributed by atoms with Gasteiger partial charge in [-0.05, 0) is 12.8 Å². The Balaban J connectivity index is 1.93. The molecule has 2 aromatic rings. The van der Waals surface area contributed by atoms with Gasteiger partial charge in [0.25, 0.3) is 0 Å². The van der Waals surface area contributed by atoms with Gasteiger partial charge in [-0.2, -0.15) is 5.10 Å². The number of aromatic nitrogens is 4. The molecule has 0 bridgehead atoms. The Bertz CT molecular complexity index is 679. The van der Waals surface area contributed by atoms with Crippen molar-refractivity contribution in [2.45, 2.75) is 18.9 Å². The lowest BCUT2D eigenvalue weighted by atomic mass is 10.2.